The lowest BCUT2D eigenvalue weighted by molar-refractivity contribution is -0.113. The Morgan fingerprint density at radius 1 is 1.18 bits per heavy atom. The Morgan fingerprint density at radius 3 is 2.71 bits per heavy atom. The summed E-state index contributed by atoms with van der Waals surface area (Å²) in [4.78, 5) is 31.1. The highest BCUT2D eigenvalue weighted by molar-refractivity contribution is 8.00. The number of fused-ring (bicyclic) bond motifs is 1. The van der Waals surface area contributed by atoms with Crippen LogP contribution in [0.25, 0.3) is 11.3 Å². The Hall–Kier alpha value is -2.64. The molecule has 1 aliphatic heterocycles. The maximum Gasteiger partial charge on any atom is 0.257 e. The number of carbonyl (C=O) groups excluding carboxylic acids is 2. The standard InChI is InChI=1S/C21H19N3O2S2/c1-12(2)19-18(13-6-4-3-5-7-13)23-21(28-19)24-20(26)14-8-9-16-15(10-14)22-17(25)11-27-16/h3-10,12H,11H2,1-2H3,(H,22,25)(H,23,24,26). The molecule has 0 radical (unpaired) electrons. The molecule has 0 saturated carbocycles. The third-order valence-electron chi connectivity index (χ3n) is 4.32. The molecule has 2 N–H and O–H groups in total. The number of nitrogens with zero attached hydrogens (tertiary/aromatic N) is 1. The first kappa shape index (κ1) is 18.7. The number of aromatic nitrogens is 1. The molecule has 3 aromatic rings. The van der Waals surface area contributed by atoms with Gasteiger partial charge < -0.3 is 5.32 Å². The smallest absolute Gasteiger partial charge is 0.257 e. The molecule has 2 amide bonds. The highest BCUT2D eigenvalue weighted by Gasteiger charge is 2.20. The normalized spacial score (nSPS) is 13.2. The van der Waals surface area contributed by atoms with Crippen molar-refractivity contribution in [2.24, 2.45) is 0 Å². The molecular weight excluding hydrogens is 390 g/mol. The summed E-state index contributed by atoms with van der Waals surface area (Å²) in [5.74, 6) is 0.410. The predicted molar refractivity (Wildman–Crippen MR) is 115 cm³/mol. The Balaban J connectivity index is 1.60. The fraction of sp³-hybridized carbons (Fsp3) is 0.190. The van der Waals surface area contributed by atoms with Crippen molar-refractivity contribution in [3.63, 3.8) is 0 Å². The maximum atomic E-state index is 12.7. The third-order valence-corrected chi connectivity index (χ3v) is 6.66. The molecule has 2 heterocycles. The maximum absolute atomic E-state index is 12.7. The number of hydrogen-bond donors (Lipinski definition) is 2. The molecule has 1 aromatic heterocycles. The zero-order valence-electron chi connectivity index (χ0n) is 15.5. The van der Waals surface area contributed by atoms with E-state index in [1.54, 1.807) is 12.1 Å². The Morgan fingerprint density at radius 2 is 1.96 bits per heavy atom. The summed E-state index contributed by atoms with van der Waals surface area (Å²) in [5, 5.41) is 6.30. The van der Waals surface area contributed by atoms with Crippen LogP contribution < -0.4 is 10.6 Å². The second-order valence-corrected chi connectivity index (χ2v) is 8.80. The van der Waals surface area contributed by atoms with E-state index in [9.17, 15) is 9.59 Å². The van der Waals surface area contributed by atoms with E-state index >= 15 is 0 Å². The van der Waals surface area contributed by atoms with Crippen LogP contribution in [0.4, 0.5) is 10.8 Å². The van der Waals surface area contributed by atoms with Gasteiger partial charge in [0.05, 0.1) is 17.1 Å². The number of nitrogens with one attached hydrogen (secondary N) is 2. The Kier molecular flexibility index (Phi) is 5.19. The van der Waals surface area contributed by atoms with Gasteiger partial charge >= 0.3 is 0 Å². The molecule has 1 aliphatic rings. The minimum atomic E-state index is -0.240. The van der Waals surface area contributed by atoms with Gasteiger partial charge in [-0.25, -0.2) is 4.98 Å². The number of carbonyl (C=O) groups is 2. The summed E-state index contributed by atoms with van der Waals surface area (Å²) >= 11 is 2.97. The first-order valence-corrected chi connectivity index (χ1v) is 10.8. The highest BCUT2D eigenvalue weighted by Crippen LogP contribution is 2.37. The first-order valence-electron chi connectivity index (χ1n) is 8.95. The number of benzene rings is 2. The van der Waals surface area contributed by atoms with E-state index in [-0.39, 0.29) is 11.8 Å². The van der Waals surface area contributed by atoms with Gasteiger partial charge in [-0.3, -0.25) is 14.9 Å². The van der Waals surface area contributed by atoms with E-state index in [4.69, 9.17) is 0 Å². The third kappa shape index (κ3) is 3.81. The van der Waals surface area contributed by atoms with Crippen molar-refractivity contribution in [3.05, 3.63) is 59.0 Å². The van der Waals surface area contributed by atoms with E-state index in [0.29, 0.717) is 28.1 Å². The predicted octanol–water partition coefficient (Wildman–Crippen LogP) is 5.23. The average molecular weight is 410 g/mol. The van der Waals surface area contributed by atoms with Gasteiger partial charge in [-0.05, 0) is 24.1 Å². The van der Waals surface area contributed by atoms with Gasteiger partial charge in [0, 0.05) is 20.9 Å². The highest BCUT2D eigenvalue weighted by atomic mass is 32.2. The average Bonchev–Trinajstić information content (AvgIpc) is 3.12. The number of hydrogen-bond acceptors (Lipinski definition) is 5. The molecule has 142 valence electrons. The van der Waals surface area contributed by atoms with Crippen molar-refractivity contribution in [1.82, 2.24) is 4.98 Å². The van der Waals surface area contributed by atoms with Gasteiger partial charge in [-0.15, -0.1) is 23.1 Å². The number of thioether (sulfide) groups is 1. The van der Waals surface area contributed by atoms with Gasteiger partial charge in [0.25, 0.3) is 5.91 Å². The van der Waals surface area contributed by atoms with Crippen LogP contribution in [0.3, 0.4) is 0 Å². The summed E-state index contributed by atoms with van der Waals surface area (Å²) in [7, 11) is 0. The van der Waals surface area contributed by atoms with Gasteiger partial charge in [-0.2, -0.15) is 0 Å². The molecule has 0 atom stereocenters. The first-order chi connectivity index (χ1) is 13.5. The number of rotatable bonds is 4. The summed E-state index contributed by atoms with van der Waals surface area (Å²) in [6, 6.07) is 15.3. The Labute approximate surface area is 171 Å². The summed E-state index contributed by atoms with van der Waals surface area (Å²) < 4.78 is 0. The van der Waals surface area contributed by atoms with E-state index in [1.807, 2.05) is 36.4 Å². The minimum Gasteiger partial charge on any atom is -0.324 e. The molecule has 0 bridgehead atoms. The molecular formula is C21H19N3O2S2. The van der Waals surface area contributed by atoms with Gasteiger partial charge in [0.1, 0.15) is 0 Å². The molecule has 0 fully saturated rings. The van der Waals surface area contributed by atoms with E-state index < -0.39 is 0 Å². The molecule has 0 spiro atoms. The van der Waals surface area contributed by atoms with Gasteiger partial charge in [0.15, 0.2) is 5.13 Å². The monoisotopic (exact) mass is 409 g/mol. The van der Waals surface area contributed by atoms with Crippen molar-refractivity contribution in [2.75, 3.05) is 16.4 Å². The number of anilines is 2. The van der Waals surface area contributed by atoms with Crippen LogP contribution in [0.15, 0.2) is 53.4 Å². The zero-order chi connectivity index (χ0) is 19.7. The van der Waals surface area contributed by atoms with Crippen molar-refractivity contribution < 1.29 is 9.59 Å². The zero-order valence-corrected chi connectivity index (χ0v) is 17.1. The van der Waals surface area contributed by atoms with Gasteiger partial charge in [0.2, 0.25) is 5.91 Å². The lowest BCUT2D eigenvalue weighted by Gasteiger charge is -2.16. The van der Waals surface area contributed by atoms with Crippen LogP contribution in [0.2, 0.25) is 0 Å². The summed E-state index contributed by atoms with van der Waals surface area (Å²) in [6.45, 7) is 4.24. The van der Waals surface area contributed by atoms with Crippen molar-refractivity contribution >= 4 is 45.7 Å². The molecule has 2 aromatic carbocycles. The number of thiazole rings is 1. The summed E-state index contributed by atoms with van der Waals surface area (Å²) in [5.41, 5.74) is 3.12. The van der Waals surface area contributed by atoms with E-state index in [2.05, 4.69) is 29.5 Å². The van der Waals surface area contributed by atoms with E-state index in [1.165, 1.54) is 23.1 Å². The molecule has 0 unspecified atom stereocenters. The minimum absolute atomic E-state index is 0.0518. The molecule has 4 rings (SSSR count). The van der Waals surface area contributed by atoms with Crippen LogP contribution in [0.5, 0.6) is 0 Å². The largest absolute Gasteiger partial charge is 0.324 e. The SMILES string of the molecule is CC(C)c1sc(NC(=O)c2ccc3c(c2)NC(=O)CS3)nc1-c1ccccc1. The lowest BCUT2D eigenvalue weighted by atomic mass is 10.1. The summed E-state index contributed by atoms with van der Waals surface area (Å²) in [6.07, 6.45) is 0. The Bertz CT molecular complexity index is 1050. The fourth-order valence-electron chi connectivity index (χ4n) is 2.97. The second kappa shape index (κ2) is 7.77. The molecule has 0 saturated heterocycles. The van der Waals surface area contributed by atoms with Crippen molar-refractivity contribution in [3.8, 4) is 11.3 Å². The lowest BCUT2D eigenvalue weighted by Crippen LogP contribution is -2.19. The molecule has 5 nitrogen and oxygen atoms in total. The second-order valence-electron chi connectivity index (χ2n) is 6.75. The van der Waals surface area contributed by atoms with Crippen molar-refractivity contribution in [2.45, 2.75) is 24.7 Å². The quantitative estimate of drug-likeness (QED) is 0.619. The molecule has 0 aliphatic carbocycles. The molecule has 7 heteroatoms. The topological polar surface area (TPSA) is 71.1 Å². The van der Waals surface area contributed by atoms with Crippen molar-refractivity contribution in [1.29, 1.82) is 0 Å². The van der Waals surface area contributed by atoms with Crippen LogP contribution in [0, 0.1) is 0 Å². The van der Waals surface area contributed by atoms with E-state index in [0.717, 1.165) is 21.0 Å². The van der Waals surface area contributed by atoms with Gasteiger partial charge in [-0.1, -0.05) is 44.2 Å². The van der Waals surface area contributed by atoms with Crippen LogP contribution in [-0.4, -0.2) is 22.6 Å². The van der Waals surface area contributed by atoms with Crippen LogP contribution in [0.1, 0.15) is 35.0 Å². The number of amides is 2. The molecule has 28 heavy (non-hydrogen) atoms. The van der Waals surface area contributed by atoms with Crippen LogP contribution in [-0.2, 0) is 4.79 Å². The fourth-order valence-corrected chi connectivity index (χ4v) is 4.75. The van der Waals surface area contributed by atoms with Crippen LogP contribution >= 0.6 is 23.1 Å².